The van der Waals surface area contributed by atoms with Gasteiger partial charge in [-0.1, -0.05) is 0 Å². The van der Waals surface area contributed by atoms with E-state index in [1.807, 2.05) is 4.90 Å². The zero-order valence-corrected chi connectivity index (χ0v) is 9.22. The quantitative estimate of drug-likeness (QED) is 0.742. The monoisotopic (exact) mass is 230 g/mol. The molecule has 2 rings (SSSR count). The third-order valence-corrected chi connectivity index (χ3v) is 2.98. The van der Waals surface area contributed by atoms with Crippen molar-refractivity contribution >= 4 is 28.8 Å². The molecule has 0 aliphatic heterocycles. The molecule has 0 spiro atoms. The maximum Gasteiger partial charge on any atom is 0.273 e. The lowest BCUT2D eigenvalue weighted by Crippen LogP contribution is -2.34. The zero-order chi connectivity index (χ0) is 9.97. The van der Waals surface area contributed by atoms with Crippen molar-refractivity contribution in [3.63, 3.8) is 0 Å². The van der Waals surface area contributed by atoms with E-state index in [-0.39, 0.29) is 5.91 Å². The average Bonchev–Trinajstić information content (AvgIpc) is 2.88. The molecule has 0 aromatic carbocycles. The van der Waals surface area contributed by atoms with Crippen LogP contribution in [0, 0.1) is 0 Å². The maximum absolute atomic E-state index is 11.9. The number of hydrogen-bond donors (Lipinski definition) is 0. The highest BCUT2D eigenvalue weighted by atomic mass is 35.5. The van der Waals surface area contributed by atoms with Gasteiger partial charge in [-0.2, -0.15) is 0 Å². The molecule has 0 unspecified atom stereocenters. The Morgan fingerprint density at radius 1 is 1.71 bits per heavy atom. The average molecular weight is 231 g/mol. The minimum absolute atomic E-state index is 0.0226. The van der Waals surface area contributed by atoms with Crippen LogP contribution in [0.15, 0.2) is 10.9 Å². The van der Waals surface area contributed by atoms with E-state index in [4.69, 9.17) is 11.6 Å². The minimum Gasteiger partial charge on any atom is -0.333 e. The summed E-state index contributed by atoms with van der Waals surface area (Å²) in [6.45, 7) is 0.628. The molecule has 0 bridgehead atoms. The van der Waals surface area contributed by atoms with Crippen LogP contribution in [0.4, 0.5) is 0 Å². The van der Waals surface area contributed by atoms with Crippen LogP contribution < -0.4 is 0 Å². The Bertz CT molecular complexity index is 311. The summed E-state index contributed by atoms with van der Waals surface area (Å²) in [6.07, 6.45) is 2.21. The Morgan fingerprint density at radius 3 is 3.00 bits per heavy atom. The van der Waals surface area contributed by atoms with Crippen LogP contribution in [-0.2, 0) is 0 Å². The molecule has 1 amide bonds. The van der Waals surface area contributed by atoms with E-state index in [1.54, 1.807) is 10.9 Å². The van der Waals surface area contributed by atoms with Gasteiger partial charge in [0.15, 0.2) is 0 Å². The Balaban J connectivity index is 2.07. The van der Waals surface area contributed by atoms with Crippen LogP contribution >= 0.6 is 22.9 Å². The predicted octanol–water partition coefficient (Wildman–Crippen LogP) is 1.99. The van der Waals surface area contributed by atoms with Gasteiger partial charge < -0.3 is 4.90 Å². The van der Waals surface area contributed by atoms with Crippen molar-refractivity contribution in [2.75, 3.05) is 12.4 Å². The van der Waals surface area contributed by atoms with E-state index in [2.05, 4.69) is 4.98 Å². The number of hydrogen-bond acceptors (Lipinski definition) is 3. The Hall–Kier alpha value is -0.610. The third-order valence-electron chi connectivity index (χ3n) is 2.23. The molecule has 3 nitrogen and oxygen atoms in total. The molecule has 0 atom stereocenters. The lowest BCUT2D eigenvalue weighted by Gasteiger charge is -2.19. The third kappa shape index (κ3) is 2.07. The second kappa shape index (κ2) is 4.28. The first-order chi connectivity index (χ1) is 6.83. The van der Waals surface area contributed by atoms with Gasteiger partial charge in [0.2, 0.25) is 0 Å². The molecule has 1 aromatic heterocycles. The number of thiazole rings is 1. The molecule has 1 fully saturated rings. The van der Waals surface area contributed by atoms with Crippen molar-refractivity contribution < 1.29 is 4.79 Å². The summed E-state index contributed by atoms with van der Waals surface area (Å²) in [5, 5.41) is 1.78. The summed E-state index contributed by atoms with van der Waals surface area (Å²) in [4.78, 5) is 17.7. The molecule has 5 heteroatoms. The topological polar surface area (TPSA) is 33.2 Å². The zero-order valence-electron chi connectivity index (χ0n) is 7.65. The van der Waals surface area contributed by atoms with Gasteiger partial charge in [-0.25, -0.2) is 4.98 Å². The van der Waals surface area contributed by atoms with Crippen molar-refractivity contribution in [2.45, 2.75) is 18.9 Å². The number of carbonyl (C=O) groups excluding carboxylic acids is 1. The van der Waals surface area contributed by atoms with Crippen LogP contribution in [0.3, 0.4) is 0 Å². The number of alkyl halides is 1. The van der Waals surface area contributed by atoms with Crippen molar-refractivity contribution in [3.8, 4) is 0 Å². The molecule has 1 aliphatic rings. The van der Waals surface area contributed by atoms with Crippen LogP contribution in [0.1, 0.15) is 23.3 Å². The van der Waals surface area contributed by atoms with Gasteiger partial charge in [0.05, 0.1) is 5.51 Å². The summed E-state index contributed by atoms with van der Waals surface area (Å²) in [7, 11) is 0. The van der Waals surface area contributed by atoms with Crippen LogP contribution in [0.25, 0.3) is 0 Å². The fraction of sp³-hybridized carbons (Fsp3) is 0.556. The maximum atomic E-state index is 11.9. The highest BCUT2D eigenvalue weighted by Crippen LogP contribution is 2.28. The smallest absolute Gasteiger partial charge is 0.273 e. The SMILES string of the molecule is O=C(c1cscn1)N(CCCl)C1CC1. The van der Waals surface area contributed by atoms with Gasteiger partial charge in [-0.3, -0.25) is 4.79 Å². The van der Waals surface area contributed by atoms with Crippen LogP contribution in [0.5, 0.6) is 0 Å². The van der Waals surface area contributed by atoms with E-state index in [0.717, 1.165) is 12.8 Å². The Morgan fingerprint density at radius 2 is 2.50 bits per heavy atom. The van der Waals surface area contributed by atoms with Gasteiger partial charge >= 0.3 is 0 Å². The number of nitrogens with zero attached hydrogens (tertiary/aromatic N) is 2. The first kappa shape index (κ1) is 9.93. The highest BCUT2D eigenvalue weighted by Gasteiger charge is 2.33. The molecule has 14 heavy (non-hydrogen) atoms. The van der Waals surface area contributed by atoms with Crippen molar-refractivity contribution in [3.05, 3.63) is 16.6 Å². The van der Waals surface area contributed by atoms with E-state index in [0.29, 0.717) is 24.2 Å². The summed E-state index contributed by atoms with van der Waals surface area (Å²) in [5.74, 6) is 0.515. The Labute approximate surface area is 91.7 Å². The van der Waals surface area contributed by atoms with Crippen LogP contribution in [-0.4, -0.2) is 34.3 Å². The van der Waals surface area contributed by atoms with E-state index in [1.165, 1.54) is 11.3 Å². The molecular weight excluding hydrogens is 220 g/mol. The fourth-order valence-electron chi connectivity index (χ4n) is 1.39. The summed E-state index contributed by atoms with van der Waals surface area (Å²) >= 11 is 7.11. The predicted molar refractivity (Wildman–Crippen MR) is 56.9 cm³/mol. The molecule has 1 heterocycles. The minimum atomic E-state index is 0.0226. The van der Waals surface area contributed by atoms with E-state index in [9.17, 15) is 4.79 Å². The molecule has 1 aromatic rings. The first-order valence-electron chi connectivity index (χ1n) is 4.58. The Kier molecular flexibility index (Phi) is 3.03. The molecule has 1 saturated carbocycles. The van der Waals surface area contributed by atoms with Gasteiger partial charge in [0, 0.05) is 23.8 Å². The first-order valence-corrected chi connectivity index (χ1v) is 6.06. The van der Waals surface area contributed by atoms with E-state index >= 15 is 0 Å². The second-order valence-electron chi connectivity index (χ2n) is 3.29. The van der Waals surface area contributed by atoms with Gasteiger partial charge in [-0.05, 0) is 12.8 Å². The van der Waals surface area contributed by atoms with Gasteiger partial charge in [0.1, 0.15) is 5.69 Å². The normalized spacial score (nSPS) is 15.5. The number of carbonyl (C=O) groups is 1. The lowest BCUT2D eigenvalue weighted by molar-refractivity contribution is 0.0748. The van der Waals surface area contributed by atoms with Gasteiger partial charge in [-0.15, -0.1) is 22.9 Å². The molecule has 0 radical (unpaired) electrons. The largest absolute Gasteiger partial charge is 0.333 e. The molecular formula is C9H11ClN2OS. The summed E-state index contributed by atoms with van der Waals surface area (Å²) < 4.78 is 0. The molecule has 0 saturated heterocycles. The molecule has 1 aliphatic carbocycles. The summed E-state index contributed by atoms with van der Waals surface area (Å²) in [5.41, 5.74) is 2.23. The van der Waals surface area contributed by atoms with Crippen molar-refractivity contribution in [1.82, 2.24) is 9.88 Å². The van der Waals surface area contributed by atoms with Crippen LogP contribution in [0.2, 0.25) is 0 Å². The number of amides is 1. The number of halogens is 1. The lowest BCUT2D eigenvalue weighted by atomic mass is 10.3. The standard InChI is InChI=1S/C9H11ClN2OS/c10-3-4-12(7-1-2-7)9(13)8-5-14-6-11-8/h5-7H,1-4H2. The number of aromatic nitrogens is 1. The summed E-state index contributed by atoms with van der Waals surface area (Å²) in [6, 6.07) is 0.406. The molecule has 0 N–H and O–H groups in total. The second-order valence-corrected chi connectivity index (χ2v) is 4.39. The van der Waals surface area contributed by atoms with E-state index < -0.39 is 0 Å². The fourth-order valence-corrected chi connectivity index (χ4v) is 2.10. The molecule has 76 valence electrons. The highest BCUT2D eigenvalue weighted by molar-refractivity contribution is 7.07. The van der Waals surface area contributed by atoms with Crippen molar-refractivity contribution in [1.29, 1.82) is 0 Å². The van der Waals surface area contributed by atoms with Crippen molar-refractivity contribution in [2.24, 2.45) is 0 Å². The van der Waals surface area contributed by atoms with Gasteiger partial charge in [0.25, 0.3) is 5.91 Å². The number of rotatable bonds is 4.